The molecule has 14 heteroatoms. The number of nitrogens with one attached hydrogen (secondary N) is 1. The molecule has 0 amide bonds. The third-order valence-corrected chi connectivity index (χ3v) is 16.8. The van der Waals surface area contributed by atoms with E-state index in [-0.39, 0.29) is 52.5 Å². The van der Waals surface area contributed by atoms with Crippen molar-refractivity contribution in [1.29, 1.82) is 0 Å². The summed E-state index contributed by atoms with van der Waals surface area (Å²) < 4.78 is 12.8. The second-order valence-electron chi connectivity index (χ2n) is 17.0. The highest BCUT2D eigenvalue weighted by molar-refractivity contribution is 8.76. The highest BCUT2D eigenvalue weighted by atomic mass is 33.1. The first-order chi connectivity index (χ1) is 29.0. The fraction of sp³-hybridized carbons (Fsp3) is 0.543. The molecule has 1 saturated heterocycles. The van der Waals surface area contributed by atoms with Crippen LogP contribution in [0.1, 0.15) is 105 Å². The number of hydrogen-bond acceptors (Lipinski definition) is 14. The Morgan fingerprint density at radius 3 is 2.55 bits per heavy atom. The number of aromatic hydroxyl groups is 3. The number of aliphatic hydroxyl groups is 3. The molecule has 7 N–H and O–H groups in total. The zero-order chi connectivity index (χ0) is 42.3. The van der Waals surface area contributed by atoms with E-state index in [1.165, 1.54) is 17.7 Å². The van der Waals surface area contributed by atoms with E-state index in [0.717, 1.165) is 61.2 Å². The first-order valence-electron chi connectivity index (χ1n) is 21.4. The van der Waals surface area contributed by atoms with Gasteiger partial charge in [0.15, 0.2) is 5.76 Å². The molecule has 2 fully saturated rings. The van der Waals surface area contributed by atoms with Crippen molar-refractivity contribution < 1.29 is 39.8 Å². The van der Waals surface area contributed by atoms with Crippen molar-refractivity contribution in [3.8, 4) is 34.3 Å². The van der Waals surface area contributed by atoms with Crippen LogP contribution in [0, 0.1) is 11.8 Å². The molecular weight excluding hydrogens is 839 g/mol. The molecule has 1 aromatic heterocycles. The Bertz CT molecular complexity index is 2150. The molecule has 0 spiro atoms. The number of benzene rings is 3. The van der Waals surface area contributed by atoms with Crippen molar-refractivity contribution in [2.24, 2.45) is 11.8 Å². The predicted octanol–water partition coefficient (Wildman–Crippen LogP) is 9.26. The number of fused-ring (bicyclic) bond motifs is 4. The lowest BCUT2D eigenvalue weighted by molar-refractivity contribution is 0.0190. The molecule has 3 aliphatic rings. The Kier molecular flexibility index (Phi) is 16.0. The third kappa shape index (κ3) is 11.1. The number of ether oxygens (including phenoxy) is 1. The Balaban J connectivity index is 1.27. The Labute approximate surface area is 368 Å². The molecule has 0 unspecified atom stereocenters. The molecule has 3 aromatic carbocycles. The quantitative estimate of drug-likeness (QED) is 0.0793. The fourth-order valence-corrected chi connectivity index (χ4v) is 13.6. The van der Waals surface area contributed by atoms with Crippen molar-refractivity contribution in [3.63, 3.8) is 0 Å². The third-order valence-electron chi connectivity index (χ3n) is 12.0. The first kappa shape index (κ1) is 45.3. The van der Waals surface area contributed by atoms with Crippen LogP contribution in [-0.4, -0.2) is 78.9 Å². The maximum Gasteiger partial charge on any atom is 0.238 e. The number of rotatable bonds is 9. The highest BCUT2D eigenvalue weighted by Gasteiger charge is 2.30. The molecule has 326 valence electrons. The van der Waals surface area contributed by atoms with Crippen LogP contribution in [0.3, 0.4) is 0 Å². The van der Waals surface area contributed by atoms with Crippen LogP contribution in [-0.2, 0) is 18.6 Å². The van der Waals surface area contributed by atoms with Crippen LogP contribution in [0.15, 0.2) is 51.7 Å². The second kappa shape index (κ2) is 21.1. The monoisotopic (exact) mass is 897 g/mol. The van der Waals surface area contributed by atoms with Gasteiger partial charge in [-0.3, -0.25) is 4.79 Å². The van der Waals surface area contributed by atoms with Gasteiger partial charge in [0.05, 0.1) is 12.2 Å². The summed E-state index contributed by atoms with van der Waals surface area (Å²) in [5.41, 5.74) is 4.12. The van der Waals surface area contributed by atoms with Crippen LogP contribution in [0.5, 0.6) is 23.0 Å². The van der Waals surface area contributed by atoms with Crippen molar-refractivity contribution in [2.45, 2.75) is 121 Å². The molecule has 3 heterocycles. The average molecular weight is 898 g/mol. The van der Waals surface area contributed by atoms with E-state index < -0.39 is 29.5 Å². The van der Waals surface area contributed by atoms with Gasteiger partial charge in [0.1, 0.15) is 34.3 Å². The van der Waals surface area contributed by atoms with Crippen molar-refractivity contribution in [3.05, 3.63) is 80.5 Å². The Morgan fingerprint density at radius 1 is 0.900 bits per heavy atom. The molecule has 1 aliphatic carbocycles. The first-order valence-corrected chi connectivity index (χ1v) is 26.3. The highest BCUT2D eigenvalue weighted by Crippen LogP contribution is 2.46. The standard InChI is InChI=1S/C46H59NO9S4/c1-26(2)16-30-20-35(36-24-59-60-25-37(47-31-9-4-6-27(18-31)13-14-48)29-8-3-7-28(17-29)19-34(36)43(30)52)46-45(54)44(53)42-40(21-33(50)22-41(42)56-46)55-39-12-11-32(49)23-58-57-15-5-10-38(39)51/h3,7-8,17,20-22,26-27,31-32,37-39,47-52,54H,4-6,9-16,18-19,23-25H2,1-2H3/t27-,31+,32-,37+,38-,39+/m1/s1. The lowest BCUT2D eigenvalue weighted by Crippen LogP contribution is -2.38. The Morgan fingerprint density at radius 2 is 1.73 bits per heavy atom. The molecule has 60 heavy (non-hydrogen) atoms. The lowest BCUT2D eigenvalue weighted by atomic mass is 9.83. The van der Waals surface area contributed by atoms with Crippen LogP contribution < -0.4 is 15.5 Å². The van der Waals surface area contributed by atoms with E-state index >= 15 is 0 Å². The zero-order valence-corrected chi connectivity index (χ0v) is 37.7. The minimum atomic E-state index is -0.884. The van der Waals surface area contributed by atoms with E-state index in [1.807, 2.05) is 6.07 Å². The van der Waals surface area contributed by atoms with Crippen molar-refractivity contribution in [2.75, 3.05) is 23.9 Å². The summed E-state index contributed by atoms with van der Waals surface area (Å²) >= 11 is 0. The lowest BCUT2D eigenvalue weighted by Gasteiger charge is -2.33. The number of aliphatic hydroxyl groups excluding tert-OH is 3. The SMILES string of the molecule is CC(C)Cc1cc(-c2oc3cc(O)cc(O[C@H]4CC[C@@H](O)CSSCCC[C@H]4O)c3c(=O)c2O)c2c(c1O)Cc1cccc(c1)[C@@H](N[C@H]1CCC[C@H](CCO)C1)CSSC2. The van der Waals surface area contributed by atoms with Gasteiger partial charge in [-0.2, -0.15) is 0 Å². The molecule has 4 aromatic rings. The van der Waals surface area contributed by atoms with Gasteiger partial charge in [-0.25, -0.2) is 0 Å². The van der Waals surface area contributed by atoms with Crippen molar-refractivity contribution in [1.82, 2.24) is 5.32 Å². The molecule has 2 aliphatic heterocycles. The number of hydrogen-bond donors (Lipinski definition) is 7. The molecule has 7 rings (SSSR count). The maximum atomic E-state index is 14.4. The van der Waals surface area contributed by atoms with Gasteiger partial charge in [0.2, 0.25) is 11.2 Å². The topological polar surface area (TPSA) is 173 Å². The summed E-state index contributed by atoms with van der Waals surface area (Å²) in [7, 11) is 6.66. The van der Waals surface area contributed by atoms with Gasteiger partial charge < -0.3 is 45.1 Å². The minimum absolute atomic E-state index is 0.0123. The number of phenols is 2. The molecule has 0 radical (unpaired) electrons. The van der Waals surface area contributed by atoms with Gasteiger partial charge in [0.25, 0.3) is 0 Å². The van der Waals surface area contributed by atoms with Gasteiger partial charge in [0, 0.05) is 71.4 Å². The fourth-order valence-electron chi connectivity index (χ4n) is 8.93. The van der Waals surface area contributed by atoms with Crippen molar-refractivity contribution >= 4 is 54.1 Å². The summed E-state index contributed by atoms with van der Waals surface area (Å²) in [5, 5.41) is 70.2. The van der Waals surface area contributed by atoms with Gasteiger partial charge in [-0.1, -0.05) is 94.1 Å². The average Bonchev–Trinajstić information content (AvgIpc) is 3.26. The molecule has 10 nitrogen and oxygen atoms in total. The van der Waals surface area contributed by atoms with E-state index in [0.29, 0.717) is 72.3 Å². The van der Waals surface area contributed by atoms with Crippen LogP contribution in [0.2, 0.25) is 0 Å². The largest absolute Gasteiger partial charge is 0.508 e. The summed E-state index contributed by atoms with van der Waals surface area (Å²) in [4.78, 5) is 14.4. The minimum Gasteiger partial charge on any atom is -0.508 e. The molecular formula is C46H59NO9S4. The van der Waals surface area contributed by atoms with Gasteiger partial charge >= 0.3 is 0 Å². The predicted molar refractivity (Wildman–Crippen MR) is 248 cm³/mol. The smallest absolute Gasteiger partial charge is 0.238 e. The van der Waals surface area contributed by atoms with E-state index in [9.17, 15) is 35.4 Å². The second-order valence-corrected chi connectivity index (χ2v) is 22.2. The van der Waals surface area contributed by atoms with E-state index in [2.05, 4.69) is 43.4 Å². The summed E-state index contributed by atoms with van der Waals surface area (Å²) in [5.74, 6) is 2.62. The maximum absolute atomic E-state index is 14.4. The van der Waals surface area contributed by atoms with Crippen LogP contribution >= 0.6 is 43.2 Å². The molecule has 2 bridgehead atoms. The van der Waals surface area contributed by atoms with Gasteiger partial charge in [-0.15, -0.1) is 0 Å². The summed E-state index contributed by atoms with van der Waals surface area (Å²) in [6, 6.07) is 13.5. The Hall–Kier alpha value is -2.69. The normalized spacial score (nSPS) is 24.6. The molecule has 6 atom stereocenters. The summed E-state index contributed by atoms with van der Waals surface area (Å²) in [6.45, 7) is 4.37. The number of phenolic OH excluding ortho intramolecular Hbond substituents is 2. The summed E-state index contributed by atoms with van der Waals surface area (Å²) in [6.07, 6.45) is 5.91. The van der Waals surface area contributed by atoms with E-state index in [1.54, 1.807) is 43.2 Å². The van der Waals surface area contributed by atoms with Crippen LogP contribution in [0.4, 0.5) is 0 Å². The zero-order valence-electron chi connectivity index (χ0n) is 34.4. The van der Waals surface area contributed by atoms with Crippen LogP contribution in [0.25, 0.3) is 22.3 Å². The van der Waals surface area contributed by atoms with Gasteiger partial charge in [-0.05, 0) is 91.5 Å². The molecule has 1 saturated carbocycles. The van der Waals surface area contributed by atoms with E-state index in [4.69, 9.17) is 9.15 Å².